The Morgan fingerprint density at radius 3 is 2.72 bits per heavy atom. The molecule has 3 heterocycles. The third kappa shape index (κ3) is 4.87. The van der Waals surface area contributed by atoms with Crippen molar-refractivity contribution in [2.24, 2.45) is 5.73 Å². The Hall–Kier alpha value is -3.99. The van der Waals surface area contributed by atoms with Gasteiger partial charge in [-0.15, -0.1) is 5.10 Å². The lowest BCUT2D eigenvalue weighted by Gasteiger charge is -2.27. The van der Waals surface area contributed by atoms with E-state index in [2.05, 4.69) is 36.2 Å². The van der Waals surface area contributed by atoms with Crippen molar-refractivity contribution in [3.63, 3.8) is 0 Å². The Labute approximate surface area is 208 Å². The Kier molecular flexibility index (Phi) is 6.55. The maximum Gasteiger partial charge on any atom is 0.276 e. The molecule has 1 aromatic carbocycles. The molecule has 0 unspecified atom stereocenters. The number of nitrogens with zero attached hydrogens (tertiary/aromatic N) is 5. The minimum Gasteiger partial charge on any atom is -0.385 e. The number of nitrogens with one attached hydrogen (secondary N) is 3. The van der Waals surface area contributed by atoms with Gasteiger partial charge in [0.25, 0.3) is 5.91 Å². The van der Waals surface area contributed by atoms with Crippen molar-refractivity contribution in [1.29, 1.82) is 0 Å². The van der Waals surface area contributed by atoms with Crippen LogP contribution in [0.3, 0.4) is 0 Å². The first kappa shape index (κ1) is 23.7. The fraction of sp³-hybridized carbons (Fsp3) is 0.400. The smallest absolute Gasteiger partial charge is 0.276 e. The standard InChI is InChI=1S/C25H31N9O2/c1-14(2)25-31-22(33-36-25)15-5-4-6-18(11-15)30-24(35)20-13-28-23-19(27-3)12-21(32-34(20)23)29-17-9-7-16(26)8-10-17/h4-6,11-14,16-17,27H,7-10,26H2,1-3H3,(H,29,32)(H,30,35)/t16-,17-. The summed E-state index contributed by atoms with van der Waals surface area (Å²) in [5, 5.41) is 18.3. The van der Waals surface area contributed by atoms with Crippen LogP contribution < -0.4 is 21.7 Å². The van der Waals surface area contributed by atoms with E-state index in [-0.39, 0.29) is 17.9 Å². The van der Waals surface area contributed by atoms with Gasteiger partial charge in [0.1, 0.15) is 5.82 Å². The van der Waals surface area contributed by atoms with Gasteiger partial charge in [0.15, 0.2) is 11.3 Å². The SMILES string of the molecule is CNc1cc(N[C@H]2CC[C@H](N)CC2)nn2c(C(=O)Nc3cccc(-c4noc(C(C)C)n4)c3)cnc12. The van der Waals surface area contributed by atoms with Crippen LogP contribution in [0, 0.1) is 0 Å². The molecule has 0 saturated heterocycles. The molecule has 11 nitrogen and oxygen atoms in total. The highest BCUT2D eigenvalue weighted by atomic mass is 16.5. The molecule has 4 aromatic rings. The van der Waals surface area contributed by atoms with E-state index >= 15 is 0 Å². The van der Waals surface area contributed by atoms with Crippen LogP contribution in [0.4, 0.5) is 17.2 Å². The lowest BCUT2D eigenvalue weighted by Crippen LogP contribution is -2.33. The van der Waals surface area contributed by atoms with Gasteiger partial charge >= 0.3 is 0 Å². The van der Waals surface area contributed by atoms with Crippen LogP contribution in [0.5, 0.6) is 0 Å². The number of imidazole rings is 1. The fourth-order valence-corrected chi connectivity index (χ4v) is 4.37. The molecule has 1 aliphatic carbocycles. The van der Waals surface area contributed by atoms with Crippen molar-refractivity contribution in [2.75, 3.05) is 23.0 Å². The molecule has 5 rings (SSSR count). The summed E-state index contributed by atoms with van der Waals surface area (Å²) in [6.07, 6.45) is 5.48. The van der Waals surface area contributed by atoms with Crippen molar-refractivity contribution in [3.8, 4) is 11.4 Å². The Morgan fingerprint density at radius 1 is 1.19 bits per heavy atom. The summed E-state index contributed by atoms with van der Waals surface area (Å²) in [5.41, 5.74) is 9.06. The van der Waals surface area contributed by atoms with Gasteiger partial charge in [0, 0.05) is 42.4 Å². The van der Waals surface area contributed by atoms with Gasteiger partial charge in [-0.2, -0.15) is 4.98 Å². The summed E-state index contributed by atoms with van der Waals surface area (Å²) in [6.45, 7) is 3.98. The van der Waals surface area contributed by atoms with E-state index < -0.39 is 0 Å². The molecule has 0 bridgehead atoms. The molecule has 0 aliphatic heterocycles. The predicted molar refractivity (Wildman–Crippen MR) is 138 cm³/mol. The van der Waals surface area contributed by atoms with Crippen LogP contribution in [0.2, 0.25) is 0 Å². The van der Waals surface area contributed by atoms with Gasteiger partial charge in [-0.1, -0.05) is 31.1 Å². The monoisotopic (exact) mass is 489 g/mol. The summed E-state index contributed by atoms with van der Waals surface area (Å²) < 4.78 is 6.88. The molecule has 0 radical (unpaired) electrons. The fourth-order valence-electron chi connectivity index (χ4n) is 4.37. The van der Waals surface area contributed by atoms with Crippen molar-refractivity contribution < 1.29 is 9.32 Å². The Morgan fingerprint density at radius 2 is 2.00 bits per heavy atom. The highest BCUT2D eigenvalue weighted by Gasteiger charge is 2.21. The molecule has 5 N–H and O–H groups in total. The molecule has 3 aromatic heterocycles. The predicted octanol–water partition coefficient (Wildman–Crippen LogP) is 3.88. The second-order valence-electron chi connectivity index (χ2n) is 9.47. The summed E-state index contributed by atoms with van der Waals surface area (Å²) in [5.74, 6) is 1.53. The lowest BCUT2D eigenvalue weighted by atomic mass is 9.92. The van der Waals surface area contributed by atoms with Crippen molar-refractivity contribution in [1.82, 2.24) is 24.7 Å². The van der Waals surface area contributed by atoms with Crippen molar-refractivity contribution >= 4 is 28.7 Å². The van der Waals surface area contributed by atoms with E-state index in [0.717, 1.165) is 36.9 Å². The highest BCUT2D eigenvalue weighted by molar-refractivity contribution is 6.04. The number of carbonyl (C=O) groups excluding carboxylic acids is 1. The van der Waals surface area contributed by atoms with Crippen LogP contribution in [0.15, 0.2) is 41.1 Å². The average molecular weight is 490 g/mol. The highest BCUT2D eigenvalue weighted by Crippen LogP contribution is 2.26. The van der Waals surface area contributed by atoms with Crippen LogP contribution in [-0.2, 0) is 0 Å². The van der Waals surface area contributed by atoms with Crippen molar-refractivity contribution in [2.45, 2.75) is 57.5 Å². The van der Waals surface area contributed by atoms with E-state index in [4.69, 9.17) is 10.3 Å². The molecule has 1 amide bonds. The molecule has 0 spiro atoms. The molecule has 1 saturated carbocycles. The number of carbonyl (C=O) groups is 1. The van der Waals surface area contributed by atoms with E-state index in [9.17, 15) is 4.79 Å². The summed E-state index contributed by atoms with van der Waals surface area (Å²) in [7, 11) is 1.82. The number of anilines is 3. The Balaban J connectivity index is 1.38. The Bertz CT molecular complexity index is 1370. The minimum atomic E-state index is -0.328. The van der Waals surface area contributed by atoms with Crippen molar-refractivity contribution in [3.05, 3.63) is 48.1 Å². The number of nitrogens with two attached hydrogens (primary N) is 1. The topological polar surface area (TPSA) is 148 Å². The molecule has 36 heavy (non-hydrogen) atoms. The quantitative estimate of drug-likeness (QED) is 0.303. The first-order valence-corrected chi connectivity index (χ1v) is 12.3. The van der Waals surface area contributed by atoms with Crippen LogP contribution in [0.1, 0.15) is 61.8 Å². The largest absolute Gasteiger partial charge is 0.385 e. The molecule has 188 valence electrons. The van der Waals surface area contributed by atoms with Crippen LogP contribution in [-0.4, -0.2) is 49.8 Å². The number of aromatic nitrogens is 5. The molecule has 1 fully saturated rings. The summed E-state index contributed by atoms with van der Waals surface area (Å²) >= 11 is 0. The molecular formula is C25H31N9O2. The summed E-state index contributed by atoms with van der Waals surface area (Å²) in [4.78, 5) is 22.1. The lowest BCUT2D eigenvalue weighted by molar-refractivity contribution is 0.102. The van der Waals surface area contributed by atoms with Crippen LogP contribution in [0.25, 0.3) is 17.0 Å². The van der Waals surface area contributed by atoms with E-state index in [1.165, 1.54) is 6.20 Å². The maximum absolute atomic E-state index is 13.3. The normalized spacial score (nSPS) is 17.9. The van der Waals surface area contributed by atoms with Gasteiger partial charge in [0.05, 0.1) is 11.9 Å². The number of fused-ring (bicyclic) bond motifs is 1. The van der Waals surface area contributed by atoms with E-state index in [1.54, 1.807) is 10.6 Å². The third-order valence-electron chi connectivity index (χ3n) is 6.41. The minimum absolute atomic E-state index is 0.134. The van der Waals surface area contributed by atoms with E-state index in [1.807, 2.05) is 45.2 Å². The number of benzene rings is 1. The maximum atomic E-state index is 13.3. The zero-order valence-electron chi connectivity index (χ0n) is 20.7. The first-order valence-electron chi connectivity index (χ1n) is 12.3. The zero-order chi connectivity index (χ0) is 25.2. The van der Waals surface area contributed by atoms with Crippen LogP contribution >= 0.6 is 0 Å². The second kappa shape index (κ2) is 9.94. The molecule has 0 atom stereocenters. The first-order chi connectivity index (χ1) is 17.4. The van der Waals surface area contributed by atoms with Gasteiger partial charge < -0.3 is 26.2 Å². The number of amides is 1. The van der Waals surface area contributed by atoms with E-state index in [0.29, 0.717) is 40.6 Å². The number of rotatable bonds is 7. The number of hydrogen-bond acceptors (Lipinski definition) is 9. The van der Waals surface area contributed by atoms with Gasteiger partial charge in [-0.3, -0.25) is 4.79 Å². The molecule has 1 aliphatic rings. The molecule has 11 heteroatoms. The van der Waals surface area contributed by atoms with Gasteiger partial charge in [0.2, 0.25) is 11.7 Å². The summed E-state index contributed by atoms with van der Waals surface area (Å²) in [6, 6.07) is 9.80. The van der Waals surface area contributed by atoms with Gasteiger partial charge in [-0.05, 0) is 37.8 Å². The second-order valence-corrected chi connectivity index (χ2v) is 9.47. The molecular weight excluding hydrogens is 458 g/mol. The zero-order valence-corrected chi connectivity index (χ0v) is 20.7. The average Bonchev–Trinajstić information content (AvgIpc) is 3.53. The number of hydrogen-bond donors (Lipinski definition) is 4. The van der Waals surface area contributed by atoms with Gasteiger partial charge in [-0.25, -0.2) is 9.50 Å². The third-order valence-corrected chi connectivity index (χ3v) is 6.41.